The number of carboxylic acid groups (broad SMARTS) is 1. The van der Waals surface area contributed by atoms with Crippen molar-refractivity contribution in [3.8, 4) is 0 Å². The van der Waals surface area contributed by atoms with Crippen LogP contribution in [0, 0.1) is 0 Å². The molecule has 0 aliphatic heterocycles. The number of hydrogen-bond donors (Lipinski definition) is 2. The number of carboxylic acids is 1. The Kier molecular flexibility index (Phi) is 4.64. The Balaban J connectivity index is 3.03. The van der Waals surface area contributed by atoms with Crippen molar-refractivity contribution in [2.24, 2.45) is 0 Å². The molecule has 0 saturated carbocycles. The van der Waals surface area contributed by atoms with Crippen LogP contribution in [0.2, 0.25) is 0 Å². The smallest absolute Gasteiger partial charge is 0.337 e. The van der Waals surface area contributed by atoms with Gasteiger partial charge < -0.3 is 15.0 Å². The van der Waals surface area contributed by atoms with Gasteiger partial charge >= 0.3 is 5.97 Å². The number of aliphatic hydroxyl groups excluding tert-OH is 1. The highest BCUT2D eigenvalue weighted by Gasteiger charge is 2.19. The highest BCUT2D eigenvalue weighted by molar-refractivity contribution is 9.10. The predicted molar refractivity (Wildman–Crippen MR) is 61.1 cm³/mol. The minimum Gasteiger partial charge on any atom is -0.479 e. The second kappa shape index (κ2) is 5.77. The molecule has 0 aliphatic carbocycles. The van der Waals surface area contributed by atoms with Gasteiger partial charge in [0.1, 0.15) is 6.29 Å². The molecule has 1 rings (SSSR count). The van der Waals surface area contributed by atoms with Crippen LogP contribution in [0.5, 0.6) is 0 Å². The van der Waals surface area contributed by atoms with Gasteiger partial charge in [0.05, 0.1) is 0 Å². The fourth-order valence-electron chi connectivity index (χ4n) is 1.35. The van der Waals surface area contributed by atoms with E-state index in [4.69, 9.17) is 5.11 Å². The van der Waals surface area contributed by atoms with Gasteiger partial charge in [-0.3, -0.25) is 0 Å². The Hall–Kier alpha value is -1.20. The Morgan fingerprint density at radius 1 is 1.50 bits per heavy atom. The van der Waals surface area contributed by atoms with E-state index in [9.17, 15) is 14.7 Å². The minimum atomic E-state index is -1.55. The molecule has 1 aromatic rings. The van der Waals surface area contributed by atoms with E-state index in [-0.39, 0.29) is 0 Å². The van der Waals surface area contributed by atoms with Gasteiger partial charge in [0, 0.05) is 16.5 Å². The topological polar surface area (TPSA) is 74.6 Å². The Labute approximate surface area is 101 Å². The van der Waals surface area contributed by atoms with Crippen LogP contribution in [0.3, 0.4) is 0 Å². The molecular formula is C11H11BrO4. The molecule has 5 heteroatoms. The molecule has 1 atom stereocenters. The van der Waals surface area contributed by atoms with Crippen molar-refractivity contribution in [2.45, 2.75) is 18.9 Å². The number of aliphatic hydroxyl groups is 1. The van der Waals surface area contributed by atoms with Crippen LogP contribution in [0.4, 0.5) is 0 Å². The Morgan fingerprint density at radius 3 is 2.75 bits per heavy atom. The Bertz CT molecular complexity index is 403. The second-order valence-electron chi connectivity index (χ2n) is 3.27. The molecule has 0 spiro atoms. The van der Waals surface area contributed by atoms with Gasteiger partial charge in [0.25, 0.3) is 0 Å². The normalized spacial score (nSPS) is 12.1. The van der Waals surface area contributed by atoms with E-state index in [1.807, 2.05) is 0 Å². The maximum absolute atomic E-state index is 10.7. The molecule has 1 unspecified atom stereocenters. The van der Waals surface area contributed by atoms with Gasteiger partial charge in [0.2, 0.25) is 0 Å². The molecule has 86 valence electrons. The third-order valence-electron chi connectivity index (χ3n) is 2.17. The molecular weight excluding hydrogens is 276 g/mol. The molecule has 0 saturated heterocycles. The first-order valence-corrected chi connectivity index (χ1v) is 5.49. The number of aryl methyl sites for hydroxylation is 1. The quantitative estimate of drug-likeness (QED) is 0.808. The van der Waals surface area contributed by atoms with Crippen molar-refractivity contribution in [1.82, 2.24) is 0 Å². The third kappa shape index (κ3) is 2.90. The number of halogens is 1. The second-order valence-corrected chi connectivity index (χ2v) is 4.06. The standard InChI is InChI=1S/C11H11BrO4/c12-9-7(4-2-6-13)3-1-5-8(9)10(14)11(15)16/h1,3,5-6,10,14H,2,4H2,(H,15,16). The monoisotopic (exact) mass is 286 g/mol. The summed E-state index contributed by atoms with van der Waals surface area (Å²) in [6.07, 6.45) is 0.132. The van der Waals surface area contributed by atoms with Crippen LogP contribution in [0.15, 0.2) is 22.7 Å². The number of rotatable bonds is 5. The minimum absolute atomic E-state index is 0.302. The van der Waals surface area contributed by atoms with Crippen molar-refractivity contribution in [1.29, 1.82) is 0 Å². The van der Waals surface area contributed by atoms with E-state index in [2.05, 4.69) is 15.9 Å². The number of benzene rings is 1. The van der Waals surface area contributed by atoms with Gasteiger partial charge in [-0.05, 0) is 12.0 Å². The highest BCUT2D eigenvalue weighted by Crippen LogP contribution is 2.27. The van der Waals surface area contributed by atoms with Gasteiger partial charge in [0.15, 0.2) is 6.10 Å². The SMILES string of the molecule is O=CCCc1cccc(C(O)C(=O)O)c1Br. The lowest BCUT2D eigenvalue weighted by Gasteiger charge is -2.11. The zero-order valence-corrected chi connectivity index (χ0v) is 9.98. The molecule has 0 fully saturated rings. The molecule has 0 radical (unpaired) electrons. The van der Waals surface area contributed by atoms with Gasteiger partial charge in [-0.25, -0.2) is 4.79 Å². The first-order valence-electron chi connectivity index (χ1n) is 4.69. The van der Waals surface area contributed by atoms with E-state index in [1.54, 1.807) is 12.1 Å². The average Bonchev–Trinajstić information content (AvgIpc) is 2.26. The van der Waals surface area contributed by atoms with Crippen molar-refractivity contribution in [2.75, 3.05) is 0 Å². The van der Waals surface area contributed by atoms with Crippen molar-refractivity contribution in [3.05, 3.63) is 33.8 Å². The summed E-state index contributed by atoms with van der Waals surface area (Å²) in [6.45, 7) is 0. The molecule has 2 N–H and O–H groups in total. The van der Waals surface area contributed by atoms with E-state index >= 15 is 0 Å². The third-order valence-corrected chi connectivity index (χ3v) is 3.14. The summed E-state index contributed by atoms with van der Waals surface area (Å²) in [4.78, 5) is 20.9. The van der Waals surface area contributed by atoms with Crippen LogP contribution in [0.25, 0.3) is 0 Å². The van der Waals surface area contributed by atoms with Gasteiger partial charge in [-0.1, -0.05) is 34.1 Å². The summed E-state index contributed by atoms with van der Waals surface area (Å²) in [5.41, 5.74) is 1.11. The van der Waals surface area contributed by atoms with Crippen LogP contribution in [-0.2, 0) is 16.0 Å². The Morgan fingerprint density at radius 2 is 2.19 bits per heavy atom. The summed E-state index contributed by atoms with van der Waals surface area (Å²) in [6, 6.07) is 4.98. The average molecular weight is 287 g/mol. The lowest BCUT2D eigenvalue weighted by atomic mass is 10.0. The summed E-state index contributed by atoms with van der Waals surface area (Å²) in [5.74, 6) is -1.30. The number of hydrogen-bond acceptors (Lipinski definition) is 3. The number of carbonyl (C=O) groups excluding carboxylic acids is 1. The largest absolute Gasteiger partial charge is 0.479 e. The summed E-state index contributed by atoms with van der Waals surface area (Å²) < 4.78 is 0.548. The van der Waals surface area contributed by atoms with Crippen LogP contribution >= 0.6 is 15.9 Å². The van der Waals surface area contributed by atoms with Crippen molar-refractivity contribution < 1.29 is 19.8 Å². The number of carbonyl (C=O) groups is 2. The molecule has 0 aromatic heterocycles. The number of aliphatic carboxylic acids is 1. The van der Waals surface area contributed by atoms with Crippen LogP contribution in [-0.4, -0.2) is 22.5 Å². The lowest BCUT2D eigenvalue weighted by Crippen LogP contribution is -2.11. The van der Waals surface area contributed by atoms with Crippen molar-refractivity contribution >= 4 is 28.2 Å². The predicted octanol–water partition coefficient (Wildman–Crippen LogP) is 1.70. The fourth-order valence-corrected chi connectivity index (χ4v) is 2.03. The highest BCUT2D eigenvalue weighted by atomic mass is 79.9. The zero-order chi connectivity index (χ0) is 12.1. The van der Waals surface area contributed by atoms with Crippen LogP contribution in [0.1, 0.15) is 23.7 Å². The molecule has 1 aromatic carbocycles. The van der Waals surface area contributed by atoms with Gasteiger partial charge in [-0.15, -0.1) is 0 Å². The van der Waals surface area contributed by atoms with E-state index < -0.39 is 12.1 Å². The number of aldehydes is 1. The van der Waals surface area contributed by atoms with Crippen LogP contribution < -0.4 is 0 Å². The maximum atomic E-state index is 10.7. The maximum Gasteiger partial charge on any atom is 0.337 e. The molecule has 16 heavy (non-hydrogen) atoms. The van der Waals surface area contributed by atoms with Gasteiger partial charge in [-0.2, -0.15) is 0 Å². The van der Waals surface area contributed by atoms with E-state index in [0.29, 0.717) is 22.9 Å². The molecule has 0 amide bonds. The first-order chi connectivity index (χ1) is 7.57. The zero-order valence-electron chi connectivity index (χ0n) is 8.39. The van der Waals surface area contributed by atoms with E-state index in [1.165, 1.54) is 6.07 Å². The summed E-state index contributed by atoms with van der Waals surface area (Å²) in [5, 5.41) is 18.1. The molecule has 0 heterocycles. The fraction of sp³-hybridized carbons (Fsp3) is 0.273. The lowest BCUT2D eigenvalue weighted by molar-refractivity contribution is -0.147. The first kappa shape index (κ1) is 12.9. The molecule has 4 nitrogen and oxygen atoms in total. The molecule has 0 aliphatic rings. The molecule has 0 bridgehead atoms. The van der Waals surface area contributed by atoms with Crippen molar-refractivity contribution in [3.63, 3.8) is 0 Å². The van der Waals surface area contributed by atoms with E-state index in [0.717, 1.165) is 11.8 Å². The summed E-state index contributed by atoms with van der Waals surface area (Å²) in [7, 11) is 0. The summed E-state index contributed by atoms with van der Waals surface area (Å²) >= 11 is 3.24.